The van der Waals surface area contributed by atoms with Crippen LogP contribution in [0.2, 0.25) is 0 Å². The number of hydrogen-bond donors (Lipinski definition) is 1. The molecule has 8 heteroatoms. The Hall–Kier alpha value is -1.99. The van der Waals surface area contributed by atoms with E-state index in [2.05, 4.69) is 20.8 Å². The second-order valence-electron chi connectivity index (χ2n) is 4.68. The van der Waals surface area contributed by atoms with Gasteiger partial charge in [-0.15, -0.1) is 5.10 Å². The largest absolute Gasteiger partial charge is 0.462 e. The predicted molar refractivity (Wildman–Crippen MR) is 63.8 cm³/mol. The van der Waals surface area contributed by atoms with Crippen LogP contribution < -0.4 is 5.32 Å². The molecule has 0 spiro atoms. The van der Waals surface area contributed by atoms with Crippen molar-refractivity contribution in [2.45, 2.75) is 44.7 Å². The third-order valence-electron chi connectivity index (χ3n) is 3.21. The normalized spacial score (nSPS) is 17.1. The topological polar surface area (TPSA) is 99.0 Å². The van der Waals surface area contributed by atoms with E-state index in [0.717, 1.165) is 12.8 Å². The van der Waals surface area contributed by atoms with Gasteiger partial charge in [0.05, 0.1) is 6.54 Å². The van der Waals surface area contributed by atoms with Gasteiger partial charge in [-0.25, -0.2) is 9.48 Å². The quantitative estimate of drug-likeness (QED) is 0.733. The highest BCUT2D eigenvalue weighted by Crippen LogP contribution is 2.30. The van der Waals surface area contributed by atoms with Gasteiger partial charge in [-0.3, -0.25) is 4.79 Å². The first-order valence-electron chi connectivity index (χ1n) is 6.29. The second-order valence-corrected chi connectivity index (χ2v) is 4.68. The molecule has 0 atom stereocenters. The molecule has 8 nitrogen and oxygen atoms in total. The summed E-state index contributed by atoms with van der Waals surface area (Å²) >= 11 is 0. The van der Waals surface area contributed by atoms with E-state index >= 15 is 0 Å². The lowest BCUT2D eigenvalue weighted by atomic mass is 9.98. The van der Waals surface area contributed by atoms with Gasteiger partial charge in [0, 0.05) is 6.92 Å². The minimum absolute atomic E-state index is 0.186. The summed E-state index contributed by atoms with van der Waals surface area (Å²) in [6.45, 7) is 1.99. The van der Waals surface area contributed by atoms with Crippen LogP contribution in [-0.2, 0) is 20.9 Å². The van der Waals surface area contributed by atoms with Crippen molar-refractivity contribution in [2.24, 2.45) is 0 Å². The van der Waals surface area contributed by atoms with Crippen molar-refractivity contribution in [2.75, 3.05) is 6.61 Å². The average Bonchev–Trinajstić information content (AvgIpc) is 3.00. The predicted octanol–water partition coefficient (Wildman–Crippen LogP) is -0.335. The first kappa shape index (κ1) is 13.4. The number of amides is 1. The Labute approximate surface area is 110 Å². The number of nitrogens with one attached hydrogen (secondary N) is 1. The van der Waals surface area contributed by atoms with Crippen molar-refractivity contribution < 1.29 is 14.3 Å². The maximum Gasteiger partial charge on any atom is 0.331 e. The van der Waals surface area contributed by atoms with Crippen LogP contribution >= 0.6 is 0 Å². The van der Waals surface area contributed by atoms with Crippen LogP contribution in [0.1, 0.15) is 32.6 Å². The van der Waals surface area contributed by atoms with Crippen molar-refractivity contribution in [1.82, 2.24) is 25.5 Å². The van der Waals surface area contributed by atoms with Gasteiger partial charge in [0.1, 0.15) is 18.5 Å². The summed E-state index contributed by atoms with van der Waals surface area (Å²) in [6, 6.07) is 0. The fourth-order valence-electron chi connectivity index (χ4n) is 2.35. The maximum atomic E-state index is 12.1. The smallest absolute Gasteiger partial charge is 0.331 e. The van der Waals surface area contributed by atoms with Crippen molar-refractivity contribution in [3.8, 4) is 0 Å². The zero-order valence-corrected chi connectivity index (χ0v) is 10.8. The molecular formula is C11H17N5O3. The molecule has 1 aromatic heterocycles. The van der Waals surface area contributed by atoms with Crippen molar-refractivity contribution in [1.29, 1.82) is 0 Å². The third kappa shape index (κ3) is 3.27. The highest BCUT2D eigenvalue weighted by atomic mass is 16.5. The van der Waals surface area contributed by atoms with E-state index in [-0.39, 0.29) is 18.5 Å². The average molecular weight is 267 g/mol. The third-order valence-corrected chi connectivity index (χ3v) is 3.21. The monoisotopic (exact) mass is 267 g/mol. The summed E-state index contributed by atoms with van der Waals surface area (Å²) in [5, 5.41) is 13.4. The zero-order chi connectivity index (χ0) is 13.7. The molecule has 1 fully saturated rings. The van der Waals surface area contributed by atoms with Crippen LogP contribution in [-0.4, -0.2) is 44.2 Å². The van der Waals surface area contributed by atoms with Crippen molar-refractivity contribution >= 4 is 11.9 Å². The van der Waals surface area contributed by atoms with Crippen LogP contribution in [0, 0.1) is 0 Å². The molecular weight excluding hydrogens is 250 g/mol. The zero-order valence-electron chi connectivity index (χ0n) is 10.8. The molecule has 0 saturated heterocycles. The molecule has 19 heavy (non-hydrogen) atoms. The molecule has 1 aliphatic rings. The Morgan fingerprint density at radius 2 is 2.16 bits per heavy atom. The lowest BCUT2D eigenvalue weighted by Crippen LogP contribution is -2.52. The van der Waals surface area contributed by atoms with Gasteiger partial charge in [-0.2, -0.15) is 0 Å². The van der Waals surface area contributed by atoms with Crippen molar-refractivity contribution in [3.05, 3.63) is 6.33 Å². The van der Waals surface area contributed by atoms with E-state index < -0.39 is 5.54 Å². The number of tetrazole rings is 1. The Bertz CT molecular complexity index is 439. The van der Waals surface area contributed by atoms with Gasteiger partial charge in [-0.1, -0.05) is 12.8 Å². The molecule has 0 unspecified atom stereocenters. The number of hydrogen-bond acceptors (Lipinski definition) is 6. The van der Waals surface area contributed by atoms with Gasteiger partial charge in [0.15, 0.2) is 0 Å². The molecule has 0 aliphatic heterocycles. The molecule has 1 aromatic rings. The molecule has 1 amide bonds. The van der Waals surface area contributed by atoms with Gasteiger partial charge < -0.3 is 10.1 Å². The molecule has 104 valence electrons. The highest BCUT2D eigenvalue weighted by Gasteiger charge is 2.43. The first-order valence-corrected chi connectivity index (χ1v) is 6.29. The number of aromatic nitrogens is 4. The second kappa shape index (κ2) is 5.77. The molecule has 0 aromatic carbocycles. The van der Waals surface area contributed by atoms with Gasteiger partial charge >= 0.3 is 5.97 Å². The van der Waals surface area contributed by atoms with E-state index in [1.807, 2.05) is 0 Å². The Kier molecular flexibility index (Phi) is 4.08. The van der Waals surface area contributed by atoms with E-state index in [9.17, 15) is 9.59 Å². The Morgan fingerprint density at radius 3 is 2.74 bits per heavy atom. The molecule has 1 heterocycles. The summed E-state index contributed by atoms with van der Waals surface area (Å²) in [4.78, 5) is 23.4. The number of carbonyl (C=O) groups excluding carboxylic acids is 2. The summed E-state index contributed by atoms with van der Waals surface area (Å²) < 4.78 is 6.71. The molecule has 0 radical (unpaired) electrons. The molecule has 0 bridgehead atoms. The Balaban J connectivity index is 1.87. The number of esters is 1. The number of ether oxygens (including phenoxy) is 1. The lowest BCUT2D eigenvalue weighted by molar-refractivity contribution is -0.153. The minimum atomic E-state index is -0.841. The van der Waals surface area contributed by atoms with Gasteiger partial charge in [-0.05, 0) is 23.3 Å². The fraction of sp³-hybridized carbons (Fsp3) is 0.727. The number of nitrogens with zero attached hydrogens (tertiary/aromatic N) is 4. The first-order chi connectivity index (χ1) is 9.12. The fourth-order valence-corrected chi connectivity index (χ4v) is 2.35. The van der Waals surface area contributed by atoms with E-state index in [1.54, 1.807) is 0 Å². The molecule has 1 aliphatic carbocycles. The molecule has 1 N–H and O–H groups in total. The van der Waals surface area contributed by atoms with Crippen LogP contribution in [0.15, 0.2) is 6.33 Å². The van der Waals surface area contributed by atoms with Crippen LogP contribution in [0.25, 0.3) is 0 Å². The van der Waals surface area contributed by atoms with Crippen LogP contribution in [0.4, 0.5) is 0 Å². The van der Waals surface area contributed by atoms with E-state index in [1.165, 1.54) is 17.9 Å². The summed E-state index contributed by atoms with van der Waals surface area (Å²) in [5.74, 6) is -0.576. The lowest BCUT2D eigenvalue weighted by Gasteiger charge is -2.27. The van der Waals surface area contributed by atoms with Crippen LogP contribution in [0.3, 0.4) is 0 Å². The summed E-state index contributed by atoms with van der Waals surface area (Å²) in [6.07, 6.45) is 4.56. The van der Waals surface area contributed by atoms with Gasteiger partial charge in [0.25, 0.3) is 0 Å². The minimum Gasteiger partial charge on any atom is -0.462 e. The van der Waals surface area contributed by atoms with E-state index in [4.69, 9.17) is 4.74 Å². The standard InChI is InChI=1S/C11H17N5O3/c1-9(17)13-11(4-2-3-5-11)10(18)19-7-6-16-8-12-14-15-16/h8H,2-7H2,1H3,(H,13,17). The maximum absolute atomic E-state index is 12.1. The van der Waals surface area contributed by atoms with Crippen LogP contribution in [0.5, 0.6) is 0 Å². The summed E-state index contributed by atoms with van der Waals surface area (Å²) in [5.41, 5.74) is -0.841. The molecule has 2 rings (SSSR count). The van der Waals surface area contributed by atoms with Gasteiger partial charge in [0.2, 0.25) is 5.91 Å². The summed E-state index contributed by atoms with van der Waals surface area (Å²) in [7, 11) is 0. The van der Waals surface area contributed by atoms with Crippen molar-refractivity contribution in [3.63, 3.8) is 0 Å². The SMILES string of the molecule is CC(=O)NC1(C(=O)OCCn2cnnn2)CCCC1. The highest BCUT2D eigenvalue weighted by molar-refractivity contribution is 5.87. The number of rotatable bonds is 5. The molecule has 1 saturated carbocycles. The van der Waals surface area contributed by atoms with E-state index in [0.29, 0.717) is 19.4 Å². The number of carbonyl (C=O) groups is 2. The Morgan fingerprint density at radius 1 is 1.42 bits per heavy atom.